The van der Waals surface area contributed by atoms with Gasteiger partial charge in [0.25, 0.3) is 0 Å². The molecular formula is C15H17ClO2. The van der Waals surface area contributed by atoms with Crippen LogP contribution in [-0.4, -0.2) is 5.11 Å². The van der Waals surface area contributed by atoms with E-state index in [9.17, 15) is 5.11 Å². The van der Waals surface area contributed by atoms with E-state index < -0.39 is 6.10 Å². The molecule has 0 saturated heterocycles. The van der Waals surface area contributed by atoms with Gasteiger partial charge in [-0.2, -0.15) is 0 Å². The van der Waals surface area contributed by atoms with Crippen molar-refractivity contribution in [2.24, 2.45) is 5.41 Å². The van der Waals surface area contributed by atoms with Crippen LogP contribution in [0.4, 0.5) is 0 Å². The Hall–Kier alpha value is -0.990. The van der Waals surface area contributed by atoms with Gasteiger partial charge in [-0.15, -0.1) is 0 Å². The lowest BCUT2D eigenvalue weighted by molar-refractivity contribution is 0.0246. The highest BCUT2D eigenvalue weighted by Gasteiger charge is 2.38. The third-order valence-corrected chi connectivity index (χ3v) is 4.41. The van der Waals surface area contributed by atoms with Gasteiger partial charge in [-0.3, -0.25) is 0 Å². The molecule has 1 saturated carbocycles. The number of hydrogen-bond acceptors (Lipinski definition) is 2. The lowest BCUT2D eigenvalue weighted by Gasteiger charge is -2.28. The summed E-state index contributed by atoms with van der Waals surface area (Å²) in [5, 5.41) is 12.2. The number of hydrogen-bond donors (Lipinski definition) is 1. The Balaban J connectivity index is 1.98. The van der Waals surface area contributed by atoms with E-state index in [0.717, 1.165) is 23.8 Å². The number of rotatable bonds is 2. The molecule has 1 unspecified atom stereocenters. The van der Waals surface area contributed by atoms with Crippen LogP contribution < -0.4 is 0 Å². The average molecular weight is 265 g/mol. The molecule has 2 aromatic rings. The van der Waals surface area contributed by atoms with Crippen molar-refractivity contribution < 1.29 is 9.52 Å². The Morgan fingerprint density at radius 2 is 2.00 bits per heavy atom. The Morgan fingerprint density at radius 3 is 2.72 bits per heavy atom. The van der Waals surface area contributed by atoms with E-state index in [1.807, 2.05) is 18.2 Å². The van der Waals surface area contributed by atoms with E-state index in [1.165, 1.54) is 12.8 Å². The lowest BCUT2D eigenvalue weighted by Crippen LogP contribution is -2.21. The van der Waals surface area contributed by atoms with Crippen molar-refractivity contribution in [3.8, 4) is 0 Å². The lowest BCUT2D eigenvalue weighted by atomic mass is 9.81. The fraction of sp³-hybridized carbons (Fsp3) is 0.467. The normalized spacial score (nSPS) is 20.4. The summed E-state index contributed by atoms with van der Waals surface area (Å²) in [6, 6.07) is 7.44. The zero-order valence-electron chi connectivity index (χ0n) is 10.4. The predicted octanol–water partition coefficient (Wildman–Crippen LogP) is 4.70. The van der Waals surface area contributed by atoms with E-state index in [0.29, 0.717) is 10.8 Å². The minimum atomic E-state index is -0.522. The van der Waals surface area contributed by atoms with Gasteiger partial charge in [-0.1, -0.05) is 31.4 Å². The topological polar surface area (TPSA) is 33.4 Å². The van der Waals surface area contributed by atoms with Gasteiger partial charge in [-0.05, 0) is 37.1 Å². The molecule has 1 aliphatic rings. The number of aliphatic hydroxyl groups is 1. The fourth-order valence-corrected chi connectivity index (χ4v) is 3.15. The first-order chi connectivity index (χ1) is 8.58. The summed E-state index contributed by atoms with van der Waals surface area (Å²) in [4.78, 5) is 0. The SMILES string of the molecule is CC1(C(O)c2cc3cc(Cl)ccc3o2)CCCC1. The quantitative estimate of drug-likeness (QED) is 0.853. The summed E-state index contributed by atoms with van der Waals surface area (Å²) >= 11 is 5.96. The van der Waals surface area contributed by atoms with Crippen LogP contribution in [0.2, 0.25) is 5.02 Å². The second-order valence-corrected chi connectivity index (χ2v) is 6.03. The summed E-state index contributed by atoms with van der Waals surface area (Å²) in [7, 11) is 0. The average Bonchev–Trinajstić information content (AvgIpc) is 2.94. The Kier molecular flexibility index (Phi) is 2.87. The molecule has 1 atom stereocenters. The molecule has 0 spiro atoms. The molecule has 1 aromatic carbocycles. The molecule has 0 bridgehead atoms. The Morgan fingerprint density at radius 1 is 1.28 bits per heavy atom. The minimum absolute atomic E-state index is 0.0440. The molecule has 0 radical (unpaired) electrons. The molecule has 0 aliphatic heterocycles. The molecule has 1 aliphatic carbocycles. The molecular weight excluding hydrogens is 248 g/mol. The zero-order valence-corrected chi connectivity index (χ0v) is 11.2. The van der Waals surface area contributed by atoms with Crippen LogP contribution >= 0.6 is 11.6 Å². The van der Waals surface area contributed by atoms with Crippen molar-refractivity contribution >= 4 is 22.6 Å². The molecule has 3 rings (SSSR count). The van der Waals surface area contributed by atoms with E-state index >= 15 is 0 Å². The summed E-state index contributed by atoms with van der Waals surface area (Å²) in [6.45, 7) is 2.14. The van der Waals surface area contributed by atoms with E-state index in [-0.39, 0.29) is 5.41 Å². The van der Waals surface area contributed by atoms with Crippen LogP contribution in [0.3, 0.4) is 0 Å². The first-order valence-corrected chi connectivity index (χ1v) is 6.83. The molecule has 0 amide bonds. The maximum Gasteiger partial charge on any atom is 0.134 e. The molecule has 1 fully saturated rings. The smallest absolute Gasteiger partial charge is 0.134 e. The number of fused-ring (bicyclic) bond motifs is 1. The molecule has 96 valence electrons. The monoisotopic (exact) mass is 264 g/mol. The van der Waals surface area contributed by atoms with Crippen molar-refractivity contribution in [3.63, 3.8) is 0 Å². The van der Waals surface area contributed by atoms with Gasteiger partial charge in [0.05, 0.1) is 0 Å². The Bertz CT molecular complexity index is 567. The third kappa shape index (κ3) is 1.94. The first-order valence-electron chi connectivity index (χ1n) is 6.46. The van der Waals surface area contributed by atoms with Crippen molar-refractivity contribution in [2.75, 3.05) is 0 Å². The number of furan rings is 1. The highest BCUT2D eigenvalue weighted by Crippen LogP contribution is 2.47. The molecule has 2 nitrogen and oxygen atoms in total. The van der Waals surface area contributed by atoms with Crippen LogP contribution in [0, 0.1) is 5.41 Å². The molecule has 3 heteroatoms. The molecule has 1 N–H and O–H groups in total. The second-order valence-electron chi connectivity index (χ2n) is 5.59. The van der Waals surface area contributed by atoms with Crippen molar-refractivity contribution in [1.82, 2.24) is 0 Å². The maximum atomic E-state index is 10.5. The van der Waals surface area contributed by atoms with Gasteiger partial charge < -0.3 is 9.52 Å². The van der Waals surface area contributed by atoms with Crippen molar-refractivity contribution in [3.05, 3.63) is 35.0 Å². The van der Waals surface area contributed by atoms with E-state index in [1.54, 1.807) is 6.07 Å². The molecule has 18 heavy (non-hydrogen) atoms. The van der Waals surface area contributed by atoms with Crippen LogP contribution in [-0.2, 0) is 0 Å². The second kappa shape index (κ2) is 4.29. The van der Waals surface area contributed by atoms with Gasteiger partial charge >= 0.3 is 0 Å². The minimum Gasteiger partial charge on any atom is -0.458 e. The van der Waals surface area contributed by atoms with Crippen molar-refractivity contribution in [2.45, 2.75) is 38.7 Å². The van der Waals surface area contributed by atoms with Gasteiger partial charge in [-0.25, -0.2) is 0 Å². The number of aliphatic hydroxyl groups excluding tert-OH is 1. The van der Waals surface area contributed by atoms with Gasteiger partial charge in [0.15, 0.2) is 0 Å². The summed E-state index contributed by atoms with van der Waals surface area (Å²) in [6.07, 6.45) is 3.99. The standard InChI is InChI=1S/C15H17ClO2/c1-15(6-2-3-7-15)14(17)13-9-10-8-11(16)4-5-12(10)18-13/h4-5,8-9,14,17H,2-3,6-7H2,1H3. The van der Waals surface area contributed by atoms with Gasteiger partial charge in [0.2, 0.25) is 0 Å². The van der Waals surface area contributed by atoms with Gasteiger partial charge in [0, 0.05) is 15.8 Å². The predicted molar refractivity (Wildman–Crippen MR) is 72.8 cm³/mol. The fourth-order valence-electron chi connectivity index (χ4n) is 2.97. The molecule has 1 aromatic heterocycles. The number of halogens is 1. The summed E-state index contributed by atoms with van der Waals surface area (Å²) < 4.78 is 5.75. The van der Waals surface area contributed by atoms with Crippen LogP contribution in [0.25, 0.3) is 11.0 Å². The maximum absolute atomic E-state index is 10.5. The molecule has 1 heterocycles. The summed E-state index contributed by atoms with van der Waals surface area (Å²) in [5.74, 6) is 0.664. The zero-order chi connectivity index (χ0) is 12.8. The van der Waals surface area contributed by atoms with E-state index in [2.05, 4.69) is 6.92 Å². The largest absolute Gasteiger partial charge is 0.458 e. The van der Waals surface area contributed by atoms with Crippen molar-refractivity contribution in [1.29, 1.82) is 0 Å². The van der Waals surface area contributed by atoms with Crippen LogP contribution in [0.1, 0.15) is 44.5 Å². The van der Waals surface area contributed by atoms with Crippen LogP contribution in [0.15, 0.2) is 28.7 Å². The highest BCUT2D eigenvalue weighted by molar-refractivity contribution is 6.31. The van der Waals surface area contributed by atoms with Crippen LogP contribution in [0.5, 0.6) is 0 Å². The highest BCUT2D eigenvalue weighted by atomic mass is 35.5. The summed E-state index contributed by atoms with van der Waals surface area (Å²) in [5.41, 5.74) is 0.743. The van der Waals surface area contributed by atoms with E-state index in [4.69, 9.17) is 16.0 Å². The first kappa shape index (κ1) is 12.1. The Labute approximate surface area is 112 Å². The number of benzene rings is 1. The van der Waals surface area contributed by atoms with Gasteiger partial charge in [0.1, 0.15) is 17.4 Å². The third-order valence-electron chi connectivity index (χ3n) is 4.17.